The van der Waals surface area contributed by atoms with E-state index in [2.05, 4.69) is 5.73 Å². The fourth-order valence-corrected chi connectivity index (χ4v) is 0.435. The van der Waals surface area contributed by atoms with Gasteiger partial charge in [0, 0.05) is 0 Å². The topological polar surface area (TPSA) is 46.2 Å². The Kier molecular flexibility index (Phi) is 6.13. The molecule has 0 aromatic heterocycles. The first kappa shape index (κ1) is 12.7. The van der Waals surface area contributed by atoms with Gasteiger partial charge in [-0.2, -0.15) is 0 Å². The number of hydrogen-bond acceptors (Lipinski definition) is 2. The van der Waals surface area contributed by atoms with Crippen molar-refractivity contribution in [3.8, 4) is 0 Å². The Morgan fingerprint density at radius 1 is 1.60 bits per heavy atom. The first-order chi connectivity index (χ1) is 4.04. The van der Waals surface area contributed by atoms with Gasteiger partial charge in [0.05, 0.1) is 6.54 Å². The molecule has 5 heteroatoms. The maximum atomic E-state index is 12.2. The standard InChI is InChI=1S/C5H11F2NO.ClH/c1-2-4(9)5(6,7)3-8;/h4,9H,2-3,8H2,1H3;1H. The summed E-state index contributed by atoms with van der Waals surface area (Å²) in [5.41, 5.74) is 4.67. The monoisotopic (exact) mass is 175 g/mol. The molecule has 0 aliphatic heterocycles. The lowest BCUT2D eigenvalue weighted by atomic mass is 10.1. The molecule has 0 aliphatic carbocycles. The van der Waals surface area contributed by atoms with E-state index in [1.54, 1.807) is 0 Å². The number of hydrogen-bond donors (Lipinski definition) is 2. The zero-order valence-electron chi connectivity index (χ0n) is 5.68. The minimum atomic E-state index is -3.12. The number of alkyl halides is 2. The zero-order valence-corrected chi connectivity index (χ0v) is 6.50. The molecule has 0 aromatic rings. The maximum Gasteiger partial charge on any atom is 0.285 e. The van der Waals surface area contributed by atoms with E-state index in [1.807, 2.05) is 0 Å². The van der Waals surface area contributed by atoms with Crippen LogP contribution in [0.2, 0.25) is 0 Å². The molecule has 0 saturated heterocycles. The van der Waals surface area contributed by atoms with Gasteiger partial charge in [0.25, 0.3) is 5.92 Å². The third-order valence-electron chi connectivity index (χ3n) is 1.15. The van der Waals surface area contributed by atoms with Gasteiger partial charge < -0.3 is 10.8 Å². The zero-order chi connectivity index (χ0) is 7.49. The quantitative estimate of drug-likeness (QED) is 0.666. The molecule has 0 heterocycles. The van der Waals surface area contributed by atoms with Gasteiger partial charge >= 0.3 is 0 Å². The molecule has 1 atom stereocenters. The third-order valence-corrected chi connectivity index (χ3v) is 1.15. The molecule has 2 nitrogen and oxygen atoms in total. The smallest absolute Gasteiger partial charge is 0.285 e. The van der Waals surface area contributed by atoms with Gasteiger partial charge in [0.1, 0.15) is 6.10 Å². The van der Waals surface area contributed by atoms with Crippen molar-refractivity contribution in [1.82, 2.24) is 0 Å². The summed E-state index contributed by atoms with van der Waals surface area (Å²) in [5, 5.41) is 8.56. The summed E-state index contributed by atoms with van der Waals surface area (Å²) in [6, 6.07) is 0. The molecule has 3 N–H and O–H groups in total. The number of halogens is 3. The van der Waals surface area contributed by atoms with Crippen LogP contribution in [0, 0.1) is 0 Å². The molecule has 10 heavy (non-hydrogen) atoms. The molecule has 1 unspecified atom stereocenters. The normalized spacial score (nSPS) is 14.1. The van der Waals surface area contributed by atoms with Gasteiger partial charge in [0.15, 0.2) is 0 Å². The van der Waals surface area contributed by atoms with Crippen LogP contribution in [0.5, 0.6) is 0 Å². The van der Waals surface area contributed by atoms with Crippen LogP contribution in [-0.4, -0.2) is 23.7 Å². The fraction of sp³-hybridized carbons (Fsp3) is 1.00. The number of nitrogens with two attached hydrogens (primary N) is 1. The van der Waals surface area contributed by atoms with E-state index in [1.165, 1.54) is 6.92 Å². The molecule has 64 valence electrons. The molecule has 0 bridgehead atoms. The number of aliphatic hydroxyl groups excluding tert-OH is 1. The van der Waals surface area contributed by atoms with Crippen LogP contribution in [0.15, 0.2) is 0 Å². The highest BCUT2D eigenvalue weighted by molar-refractivity contribution is 5.85. The van der Waals surface area contributed by atoms with Gasteiger partial charge in [-0.05, 0) is 6.42 Å². The van der Waals surface area contributed by atoms with Crippen molar-refractivity contribution in [2.45, 2.75) is 25.4 Å². The summed E-state index contributed by atoms with van der Waals surface area (Å²) >= 11 is 0. The fourth-order valence-electron chi connectivity index (χ4n) is 0.435. The van der Waals surface area contributed by atoms with E-state index in [9.17, 15) is 8.78 Å². The lowest BCUT2D eigenvalue weighted by Gasteiger charge is -2.18. The second-order valence-corrected chi connectivity index (χ2v) is 1.89. The summed E-state index contributed by atoms with van der Waals surface area (Å²) in [4.78, 5) is 0. The van der Waals surface area contributed by atoms with Crippen LogP contribution in [0.25, 0.3) is 0 Å². The number of aliphatic hydroxyl groups is 1. The first-order valence-corrected chi connectivity index (χ1v) is 2.80. The highest BCUT2D eigenvalue weighted by Gasteiger charge is 2.34. The minimum absolute atomic E-state index is 0. The van der Waals surface area contributed by atoms with Crippen molar-refractivity contribution < 1.29 is 13.9 Å². The summed E-state index contributed by atoms with van der Waals surface area (Å²) in [6.07, 6.45) is -1.56. The van der Waals surface area contributed by atoms with Crippen molar-refractivity contribution in [3.05, 3.63) is 0 Å². The van der Waals surface area contributed by atoms with E-state index >= 15 is 0 Å². The van der Waals surface area contributed by atoms with Gasteiger partial charge in [-0.15, -0.1) is 12.4 Å². The van der Waals surface area contributed by atoms with Crippen molar-refractivity contribution >= 4 is 12.4 Å². The predicted molar refractivity (Wildman–Crippen MR) is 37.5 cm³/mol. The summed E-state index contributed by atoms with van der Waals surface area (Å²) in [5.74, 6) is -3.12. The highest BCUT2D eigenvalue weighted by Crippen LogP contribution is 2.18. The Bertz CT molecular complexity index is 91.7. The molecule has 0 radical (unpaired) electrons. The van der Waals surface area contributed by atoms with Crippen molar-refractivity contribution in [2.24, 2.45) is 5.73 Å². The van der Waals surface area contributed by atoms with Crippen LogP contribution in [-0.2, 0) is 0 Å². The van der Waals surface area contributed by atoms with Crippen molar-refractivity contribution in [1.29, 1.82) is 0 Å². The van der Waals surface area contributed by atoms with E-state index in [4.69, 9.17) is 5.11 Å². The van der Waals surface area contributed by atoms with Crippen LogP contribution in [0.4, 0.5) is 8.78 Å². The summed E-state index contributed by atoms with van der Waals surface area (Å²) in [6.45, 7) is 0.691. The average molecular weight is 176 g/mol. The molecule has 0 aromatic carbocycles. The molecular weight excluding hydrogens is 164 g/mol. The first-order valence-electron chi connectivity index (χ1n) is 2.80. The van der Waals surface area contributed by atoms with Gasteiger partial charge in [0.2, 0.25) is 0 Å². The molecule has 0 saturated carbocycles. The van der Waals surface area contributed by atoms with Gasteiger partial charge in [-0.25, -0.2) is 8.78 Å². The SMILES string of the molecule is CCC(O)C(F)(F)CN.Cl. The summed E-state index contributed by atoms with van der Waals surface area (Å²) in [7, 11) is 0. The predicted octanol–water partition coefficient (Wildman–Crippen LogP) is 0.773. The van der Waals surface area contributed by atoms with Crippen molar-refractivity contribution in [3.63, 3.8) is 0 Å². The Balaban J connectivity index is 0. The lowest BCUT2D eigenvalue weighted by molar-refractivity contribution is -0.101. The Labute approximate surface area is 64.8 Å². The van der Waals surface area contributed by atoms with Gasteiger partial charge in [-0.3, -0.25) is 0 Å². The highest BCUT2D eigenvalue weighted by atomic mass is 35.5. The van der Waals surface area contributed by atoms with Crippen LogP contribution >= 0.6 is 12.4 Å². The molecular formula is C5H12ClF2NO. The molecule has 0 rings (SSSR count). The van der Waals surface area contributed by atoms with E-state index in [-0.39, 0.29) is 18.8 Å². The van der Waals surface area contributed by atoms with E-state index in [0.29, 0.717) is 0 Å². The van der Waals surface area contributed by atoms with Crippen LogP contribution in [0.3, 0.4) is 0 Å². The Morgan fingerprint density at radius 2 is 2.00 bits per heavy atom. The second-order valence-electron chi connectivity index (χ2n) is 1.89. The molecule has 0 amide bonds. The molecule has 0 aliphatic rings. The second kappa shape index (κ2) is 4.82. The lowest BCUT2D eigenvalue weighted by Crippen LogP contribution is -2.40. The Morgan fingerprint density at radius 3 is 2.10 bits per heavy atom. The third kappa shape index (κ3) is 3.29. The maximum absolute atomic E-state index is 12.2. The van der Waals surface area contributed by atoms with E-state index < -0.39 is 18.6 Å². The average Bonchev–Trinajstić information content (AvgIpc) is 1.86. The largest absolute Gasteiger partial charge is 0.387 e. The molecule has 0 spiro atoms. The summed E-state index contributed by atoms with van der Waals surface area (Å²) < 4.78 is 24.3. The number of rotatable bonds is 3. The van der Waals surface area contributed by atoms with Crippen LogP contribution in [0.1, 0.15) is 13.3 Å². The van der Waals surface area contributed by atoms with Crippen molar-refractivity contribution in [2.75, 3.05) is 6.54 Å². The minimum Gasteiger partial charge on any atom is -0.387 e. The van der Waals surface area contributed by atoms with Crippen LogP contribution < -0.4 is 5.73 Å². The molecule has 0 fully saturated rings. The Hall–Kier alpha value is 0.0700. The van der Waals surface area contributed by atoms with Gasteiger partial charge in [-0.1, -0.05) is 6.92 Å². The van der Waals surface area contributed by atoms with E-state index in [0.717, 1.165) is 0 Å².